The molecule has 0 aliphatic rings. The topological polar surface area (TPSA) is 144 Å². The number of thiazole rings is 1. The molecule has 0 saturated heterocycles. The number of rotatable bonds is 11. The third-order valence-corrected chi connectivity index (χ3v) is 5.69. The fraction of sp³-hybridized carbons (Fsp3) is 0.261. The van der Waals surface area contributed by atoms with E-state index in [9.17, 15) is 19.2 Å². The third-order valence-electron chi connectivity index (χ3n) is 4.76. The van der Waals surface area contributed by atoms with E-state index in [0.29, 0.717) is 22.8 Å². The number of hydrogen-bond acceptors (Lipinski definition) is 8. The van der Waals surface area contributed by atoms with E-state index in [-0.39, 0.29) is 19.7 Å². The fourth-order valence-electron chi connectivity index (χ4n) is 2.91. The zero-order valence-electron chi connectivity index (χ0n) is 18.5. The number of anilines is 1. The predicted octanol–water partition coefficient (Wildman–Crippen LogP) is 1.17. The molecular formula is C23H25N5O5S. The average Bonchev–Trinajstić information content (AvgIpc) is 3.23. The molecule has 0 fully saturated rings. The van der Waals surface area contributed by atoms with Gasteiger partial charge in [0.2, 0.25) is 17.7 Å². The summed E-state index contributed by atoms with van der Waals surface area (Å²) in [6.45, 7) is -0.198. The van der Waals surface area contributed by atoms with E-state index in [0.717, 1.165) is 16.5 Å². The highest BCUT2D eigenvalue weighted by atomic mass is 32.1. The fourth-order valence-corrected chi connectivity index (χ4v) is 3.84. The first-order chi connectivity index (χ1) is 16.4. The molecule has 2 aromatic carbocycles. The molecule has 3 aromatic rings. The normalized spacial score (nSPS) is 11.6. The van der Waals surface area contributed by atoms with Crippen LogP contribution in [-0.4, -0.2) is 66.7 Å². The molecule has 1 aromatic heterocycles. The number of carbonyl (C=O) groups excluding carboxylic acids is 4. The maximum Gasteiger partial charge on any atom is 0.245 e. The summed E-state index contributed by atoms with van der Waals surface area (Å²) in [5.41, 5.74) is 7.94. The summed E-state index contributed by atoms with van der Waals surface area (Å²) < 4.78 is 6.20. The van der Waals surface area contributed by atoms with Crippen LogP contribution in [0.1, 0.15) is 15.9 Å². The zero-order chi connectivity index (χ0) is 24.5. The SMILES string of the molecule is CN(CC(=O)Nc1nc2ccc(C=O)cc2s1)C(=O)CNC(=O)C(N)COCc1ccccc1. The Kier molecular flexibility index (Phi) is 8.79. The Labute approximate surface area is 200 Å². The van der Waals surface area contributed by atoms with Crippen LogP contribution in [0.15, 0.2) is 48.5 Å². The molecule has 1 atom stereocenters. The zero-order valence-corrected chi connectivity index (χ0v) is 19.3. The first-order valence-electron chi connectivity index (χ1n) is 10.4. The molecule has 4 N–H and O–H groups in total. The molecule has 11 heteroatoms. The van der Waals surface area contributed by atoms with Gasteiger partial charge in [-0.3, -0.25) is 19.2 Å². The van der Waals surface area contributed by atoms with Crippen LogP contribution in [0.2, 0.25) is 0 Å². The van der Waals surface area contributed by atoms with E-state index in [2.05, 4.69) is 15.6 Å². The van der Waals surface area contributed by atoms with E-state index in [1.54, 1.807) is 18.2 Å². The van der Waals surface area contributed by atoms with Crippen LogP contribution in [-0.2, 0) is 25.7 Å². The largest absolute Gasteiger partial charge is 0.375 e. The van der Waals surface area contributed by atoms with Crippen molar-refractivity contribution in [2.45, 2.75) is 12.6 Å². The van der Waals surface area contributed by atoms with E-state index in [4.69, 9.17) is 10.5 Å². The van der Waals surface area contributed by atoms with Gasteiger partial charge in [-0.25, -0.2) is 4.98 Å². The average molecular weight is 484 g/mol. The summed E-state index contributed by atoms with van der Waals surface area (Å²) in [4.78, 5) is 53.0. The maximum atomic E-state index is 12.3. The number of amides is 3. The molecule has 0 saturated carbocycles. The molecule has 1 heterocycles. The molecule has 3 rings (SSSR count). The lowest BCUT2D eigenvalue weighted by Crippen LogP contribution is -2.48. The molecular weight excluding hydrogens is 458 g/mol. The van der Waals surface area contributed by atoms with Crippen molar-refractivity contribution in [3.63, 3.8) is 0 Å². The molecule has 0 bridgehead atoms. The maximum absolute atomic E-state index is 12.3. The highest BCUT2D eigenvalue weighted by Gasteiger charge is 2.18. The van der Waals surface area contributed by atoms with Crippen LogP contribution in [0, 0.1) is 0 Å². The predicted molar refractivity (Wildman–Crippen MR) is 128 cm³/mol. The Morgan fingerprint density at radius 2 is 1.97 bits per heavy atom. The number of ether oxygens (including phenoxy) is 1. The van der Waals surface area contributed by atoms with Crippen molar-refractivity contribution in [1.82, 2.24) is 15.2 Å². The minimum atomic E-state index is -0.927. The van der Waals surface area contributed by atoms with Gasteiger partial charge in [-0.15, -0.1) is 0 Å². The van der Waals surface area contributed by atoms with Gasteiger partial charge in [0.05, 0.1) is 36.5 Å². The van der Waals surface area contributed by atoms with Crippen LogP contribution in [0.3, 0.4) is 0 Å². The van der Waals surface area contributed by atoms with E-state index >= 15 is 0 Å². The van der Waals surface area contributed by atoms with Gasteiger partial charge in [-0.05, 0) is 23.8 Å². The van der Waals surface area contributed by atoms with Crippen LogP contribution in [0.25, 0.3) is 10.2 Å². The summed E-state index contributed by atoms with van der Waals surface area (Å²) in [5, 5.41) is 5.45. The Bertz CT molecular complexity index is 1170. The molecule has 0 aliphatic carbocycles. The lowest BCUT2D eigenvalue weighted by atomic mass is 10.2. The van der Waals surface area contributed by atoms with Gasteiger partial charge in [0, 0.05) is 12.6 Å². The van der Waals surface area contributed by atoms with Crippen molar-refractivity contribution in [2.24, 2.45) is 5.73 Å². The third kappa shape index (κ3) is 7.17. The van der Waals surface area contributed by atoms with Gasteiger partial charge < -0.3 is 26.0 Å². The quantitative estimate of drug-likeness (QED) is 0.347. The van der Waals surface area contributed by atoms with Crippen molar-refractivity contribution >= 4 is 50.7 Å². The standard InChI is InChI=1S/C23H25N5O5S/c1-28(11-20(30)27-23-26-18-8-7-16(12-29)9-19(18)34-23)21(31)10-25-22(32)17(24)14-33-13-15-5-3-2-4-6-15/h2-9,12,17H,10-11,13-14,24H2,1H3,(H,25,32)(H,26,27,30). The Hall–Kier alpha value is -3.67. The lowest BCUT2D eigenvalue weighted by molar-refractivity contribution is -0.134. The smallest absolute Gasteiger partial charge is 0.245 e. The number of carbonyl (C=O) groups is 4. The lowest BCUT2D eigenvalue weighted by Gasteiger charge is -2.18. The first-order valence-corrected chi connectivity index (χ1v) is 11.2. The highest BCUT2D eigenvalue weighted by molar-refractivity contribution is 7.22. The molecule has 0 radical (unpaired) electrons. The Morgan fingerprint density at radius 3 is 2.71 bits per heavy atom. The number of hydrogen-bond donors (Lipinski definition) is 3. The van der Waals surface area contributed by atoms with Crippen molar-refractivity contribution in [1.29, 1.82) is 0 Å². The van der Waals surface area contributed by atoms with Gasteiger partial charge in [0.15, 0.2) is 5.13 Å². The van der Waals surface area contributed by atoms with Crippen LogP contribution in [0.4, 0.5) is 5.13 Å². The summed E-state index contributed by atoms with van der Waals surface area (Å²) >= 11 is 1.22. The van der Waals surface area contributed by atoms with Crippen molar-refractivity contribution < 1.29 is 23.9 Å². The summed E-state index contributed by atoms with van der Waals surface area (Å²) in [5.74, 6) is -1.42. The minimum Gasteiger partial charge on any atom is -0.375 e. The summed E-state index contributed by atoms with van der Waals surface area (Å²) in [6.07, 6.45) is 0.738. The van der Waals surface area contributed by atoms with E-state index in [1.165, 1.54) is 23.3 Å². The second-order valence-electron chi connectivity index (χ2n) is 7.49. The molecule has 3 amide bonds. The van der Waals surface area contributed by atoms with E-state index in [1.807, 2.05) is 30.3 Å². The van der Waals surface area contributed by atoms with Gasteiger partial charge >= 0.3 is 0 Å². The number of fused-ring (bicyclic) bond motifs is 1. The minimum absolute atomic E-state index is 0.00364. The van der Waals surface area contributed by atoms with E-state index < -0.39 is 23.8 Å². The van der Waals surface area contributed by atoms with Crippen molar-refractivity contribution in [2.75, 3.05) is 32.1 Å². The molecule has 34 heavy (non-hydrogen) atoms. The summed E-state index contributed by atoms with van der Waals surface area (Å²) in [7, 11) is 1.45. The molecule has 178 valence electrons. The molecule has 10 nitrogen and oxygen atoms in total. The Morgan fingerprint density at radius 1 is 1.21 bits per heavy atom. The van der Waals surface area contributed by atoms with Gasteiger partial charge in [-0.2, -0.15) is 0 Å². The molecule has 0 spiro atoms. The second kappa shape index (κ2) is 12.0. The van der Waals surface area contributed by atoms with Crippen LogP contribution < -0.4 is 16.4 Å². The number of likely N-dealkylation sites (N-methyl/N-ethyl adjacent to an activating group) is 1. The van der Waals surface area contributed by atoms with Gasteiger partial charge in [0.25, 0.3) is 0 Å². The summed E-state index contributed by atoms with van der Waals surface area (Å²) in [6, 6.07) is 13.6. The van der Waals surface area contributed by atoms with Gasteiger partial charge in [0.1, 0.15) is 12.3 Å². The highest BCUT2D eigenvalue weighted by Crippen LogP contribution is 2.26. The van der Waals surface area contributed by atoms with Gasteiger partial charge in [-0.1, -0.05) is 41.7 Å². The second-order valence-corrected chi connectivity index (χ2v) is 8.52. The monoisotopic (exact) mass is 483 g/mol. The van der Waals surface area contributed by atoms with Crippen LogP contribution in [0.5, 0.6) is 0 Å². The molecule has 1 unspecified atom stereocenters. The number of aromatic nitrogens is 1. The molecule has 0 aliphatic heterocycles. The number of aldehydes is 1. The Balaban J connectivity index is 1.39. The number of benzene rings is 2. The number of nitrogens with two attached hydrogens (primary N) is 1. The number of nitrogens with one attached hydrogen (secondary N) is 2. The van der Waals surface area contributed by atoms with Crippen molar-refractivity contribution in [3.05, 3.63) is 59.7 Å². The van der Waals surface area contributed by atoms with Crippen LogP contribution >= 0.6 is 11.3 Å². The first kappa shape index (κ1) is 25.0. The number of nitrogens with zero attached hydrogens (tertiary/aromatic N) is 2. The van der Waals surface area contributed by atoms with Crippen molar-refractivity contribution in [3.8, 4) is 0 Å².